The third-order valence-corrected chi connectivity index (χ3v) is 2.58. The fraction of sp³-hybridized carbons (Fsp3) is 0.667. The topological polar surface area (TPSA) is 37.0 Å². The molecule has 0 aromatic carbocycles. The molecule has 1 unspecified atom stereocenters. The van der Waals surface area contributed by atoms with E-state index in [9.17, 15) is 0 Å². The Balaban J connectivity index is 2.26. The minimum absolute atomic E-state index is 0.631. The maximum Gasteiger partial charge on any atom is 0.137 e. The van der Waals surface area contributed by atoms with Crippen LogP contribution in [0, 0.1) is 12.8 Å². The number of thiazole rings is 1. The Morgan fingerprint density at radius 3 is 2.85 bits per heavy atom. The highest BCUT2D eigenvalue weighted by molar-refractivity contribution is 7.09. The van der Waals surface area contributed by atoms with Gasteiger partial charge in [0.25, 0.3) is 0 Å². The van der Waals surface area contributed by atoms with Crippen molar-refractivity contribution in [1.82, 2.24) is 10.3 Å². The van der Waals surface area contributed by atoms with Crippen LogP contribution < -0.4 is 10.6 Å². The van der Waals surface area contributed by atoms with Crippen LogP contribution in [0.3, 0.4) is 0 Å². The molecule has 3 nitrogen and oxygen atoms in total. The summed E-state index contributed by atoms with van der Waals surface area (Å²) < 4.78 is 0. The lowest BCUT2D eigenvalue weighted by Crippen LogP contribution is -2.22. The number of nitrogens with zero attached hydrogens (tertiary/aromatic N) is 1. The van der Waals surface area contributed by atoms with Gasteiger partial charge in [-0.05, 0) is 26.4 Å². The lowest BCUT2D eigenvalue weighted by atomic mass is 10.2. The highest BCUT2D eigenvalue weighted by Crippen LogP contribution is 2.12. The van der Waals surface area contributed by atoms with Gasteiger partial charge < -0.3 is 10.6 Å². The predicted molar refractivity (Wildman–Crippen MR) is 58.4 cm³/mol. The molecule has 1 aromatic rings. The Hall–Kier alpha value is -0.610. The highest BCUT2D eigenvalue weighted by atomic mass is 32.1. The van der Waals surface area contributed by atoms with E-state index in [0.29, 0.717) is 5.92 Å². The average Bonchev–Trinajstić information content (AvgIpc) is 2.49. The van der Waals surface area contributed by atoms with Gasteiger partial charge in [-0.15, -0.1) is 11.3 Å². The second-order valence-corrected chi connectivity index (χ2v) is 4.36. The van der Waals surface area contributed by atoms with Crippen LogP contribution in [0.1, 0.15) is 11.9 Å². The van der Waals surface area contributed by atoms with Crippen LogP contribution in [0.15, 0.2) is 5.38 Å². The number of anilines is 1. The summed E-state index contributed by atoms with van der Waals surface area (Å²) in [4.78, 5) is 4.33. The first kappa shape index (κ1) is 10.5. The molecular weight excluding hydrogens is 182 g/mol. The maximum atomic E-state index is 4.33. The van der Waals surface area contributed by atoms with Crippen LogP contribution in [-0.2, 0) is 0 Å². The minimum atomic E-state index is 0.631. The van der Waals surface area contributed by atoms with Crippen molar-refractivity contribution >= 4 is 17.2 Å². The van der Waals surface area contributed by atoms with Crippen LogP contribution >= 0.6 is 11.3 Å². The van der Waals surface area contributed by atoms with Gasteiger partial charge in [0.15, 0.2) is 0 Å². The van der Waals surface area contributed by atoms with Crippen LogP contribution in [0.5, 0.6) is 0 Å². The molecule has 0 aliphatic heterocycles. The number of rotatable bonds is 5. The van der Waals surface area contributed by atoms with E-state index in [1.807, 2.05) is 14.0 Å². The fourth-order valence-electron chi connectivity index (χ4n) is 1.14. The van der Waals surface area contributed by atoms with Gasteiger partial charge in [0.2, 0.25) is 0 Å². The van der Waals surface area contributed by atoms with Crippen molar-refractivity contribution in [1.29, 1.82) is 0 Å². The first-order valence-corrected chi connectivity index (χ1v) is 5.41. The SMILES string of the molecule is CNCC(C)CNc1csc(C)n1. The summed E-state index contributed by atoms with van der Waals surface area (Å²) in [5, 5.41) is 9.63. The molecule has 0 aliphatic carbocycles. The van der Waals surface area contributed by atoms with Crippen molar-refractivity contribution in [2.24, 2.45) is 5.92 Å². The minimum Gasteiger partial charge on any atom is -0.369 e. The molecule has 74 valence electrons. The molecule has 1 heterocycles. The molecule has 2 N–H and O–H groups in total. The first-order chi connectivity index (χ1) is 6.22. The summed E-state index contributed by atoms with van der Waals surface area (Å²) in [6, 6.07) is 0. The standard InChI is InChI=1S/C9H17N3S/c1-7(4-10-3)5-11-9-6-13-8(2)12-9/h6-7,10-11H,4-5H2,1-3H3. The second kappa shape index (κ2) is 5.19. The van der Waals surface area contributed by atoms with Gasteiger partial charge in [0, 0.05) is 11.9 Å². The molecule has 0 saturated carbocycles. The molecule has 13 heavy (non-hydrogen) atoms. The molecule has 4 heteroatoms. The summed E-state index contributed by atoms with van der Waals surface area (Å²) in [5.74, 6) is 1.64. The van der Waals surface area contributed by atoms with E-state index in [1.54, 1.807) is 11.3 Å². The monoisotopic (exact) mass is 199 g/mol. The van der Waals surface area contributed by atoms with E-state index in [1.165, 1.54) is 0 Å². The van der Waals surface area contributed by atoms with E-state index >= 15 is 0 Å². The summed E-state index contributed by atoms with van der Waals surface area (Å²) in [6.07, 6.45) is 0. The van der Waals surface area contributed by atoms with Crippen molar-refractivity contribution in [3.05, 3.63) is 10.4 Å². The van der Waals surface area contributed by atoms with E-state index in [4.69, 9.17) is 0 Å². The zero-order valence-corrected chi connectivity index (χ0v) is 9.24. The van der Waals surface area contributed by atoms with E-state index in [0.717, 1.165) is 23.9 Å². The van der Waals surface area contributed by atoms with Crippen molar-refractivity contribution in [3.63, 3.8) is 0 Å². The molecular formula is C9H17N3S. The quantitative estimate of drug-likeness (QED) is 0.758. The Kier molecular flexibility index (Phi) is 4.18. The molecule has 0 bridgehead atoms. The number of aryl methyl sites for hydroxylation is 1. The number of hydrogen-bond donors (Lipinski definition) is 2. The van der Waals surface area contributed by atoms with Crippen LogP contribution in [0.25, 0.3) is 0 Å². The molecule has 0 spiro atoms. The Morgan fingerprint density at radius 1 is 1.54 bits per heavy atom. The first-order valence-electron chi connectivity index (χ1n) is 4.53. The van der Waals surface area contributed by atoms with Gasteiger partial charge in [0.05, 0.1) is 5.01 Å². The lowest BCUT2D eigenvalue weighted by molar-refractivity contribution is 0.569. The number of hydrogen-bond acceptors (Lipinski definition) is 4. The van der Waals surface area contributed by atoms with Gasteiger partial charge in [-0.3, -0.25) is 0 Å². The summed E-state index contributed by atoms with van der Waals surface area (Å²) in [7, 11) is 1.98. The largest absolute Gasteiger partial charge is 0.369 e. The van der Waals surface area contributed by atoms with Crippen LogP contribution in [-0.4, -0.2) is 25.1 Å². The second-order valence-electron chi connectivity index (χ2n) is 3.30. The van der Waals surface area contributed by atoms with Crippen molar-refractivity contribution < 1.29 is 0 Å². The van der Waals surface area contributed by atoms with Gasteiger partial charge in [-0.25, -0.2) is 4.98 Å². The lowest BCUT2D eigenvalue weighted by Gasteiger charge is -2.10. The van der Waals surface area contributed by atoms with E-state index in [-0.39, 0.29) is 0 Å². The number of nitrogens with one attached hydrogen (secondary N) is 2. The molecule has 1 aromatic heterocycles. The maximum absolute atomic E-state index is 4.33. The molecule has 0 amide bonds. The Bertz CT molecular complexity index is 247. The number of aromatic nitrogens is 1. The van der Waals surface area contributed by atoms with Crippen molar-refractivity contribution in [2.75, 3.05) is 25.5 Å². The van der Waals surface area contributed by atoms with Gasteiger partial charge in [-0.2, -0.15) is 0 Å². The van der Waals surface area contributed by atoms with Gasteiger partial charge >= 0.3 is 0 Å². The fourth-order valence-corrected chi connectivity index (χ4v) is 1.71. The van der Waals surface area contributed by atoms with E-state index < -0.39 is 0 Å². The van der Waals surface area contributed by atoms with Crippen molar-refractivity contribution in [3.8, 4) is 0 Å². The average molecular weight is 199 g/mol. The highest BCUT2D eigenvalue weighted by Gasteiger charge is 2.01. The summed E-state index contributed by atoms with van der Waals surface area (Å²) in [6.45, 7) is 6.25. The smallest absolute Gasteiger partial charge is 0.137 e. The zero-order valence-electron chi connectivity index (χ0n) is 8.42. The third-order valence-electron chi connectivity index (χ3n) is 1.80. The summed E-state index contributed by atoms with van der Waals surface area (Å²) >= 11 is 1.68. The third kappa shape index (κ3) is 3.74. The molecule has 0 aliphatic rings. The van der Waals surface area contributed by atoms with Gasteiger partial charge in [-0.1, -0.05) is 6.92 Å². The summed E-state index contributed by atoms with van der Waals surface area (Å²) in [5.41, 5.74) is 0. The molecule has 0 radical (unpaired) electrons. The normalized spacial score (nSPS) is 12.8. The predicted octanol–water partition coefficient (Wildman–Crippen LogP) is 1.72. The van der Waals surface area contributed by atoms with Crippen LogP contribution in [0.4, 0.5) is 5.82 Å². The molecule has 0 fully saturated rings. The molecule has 1 atom stereocenters. The van der Waals surface area contributed by atoms with E-state index in [2.05, 4.69) is 27.9 Å². The van der Waals surface area contributed by atoms with Crippen molar-refractivity contribution in [2.45, 2.75) is 13.8 Å². The van der Waals surface area contributed by atoms with Gasteiger partial charge in [0.1, 0.15) is 5.82 Å². The molecule has 1 rings (SSSR count). The zero-order chi connectivity index (χ0) is 9.68. The Labute approximate surface area is 83.6 Å². The molecule has 0 saturated heterocycles. The van der Waals surface area contributed by atoms with Crippen LogP contribution in [0.2, 0.25) is 0 Å². The Morgan fingerprint density at radius 2 is 2.31 bits per heavy atom.